The highest BCUT2D eigenvalue weighted by Gasteiger charge is 2.06. The average Bonchev–Trinajstić information content (AvgIpc) is 2.06. The minimum Gasteiger partial charge on any atom is -0.393 e. The molecule has 0 saturated heterocycles. The van der Waals surface area contributed by atoms with Gasteiger partial charge in [-0.1, -0.05) is 33.6 Å². The van der Waals surface area contributed by atoms with E-state index in [1.54, 1.807) is 0 Å². The average molecular weight is 158 g/mol. The Bertz CT molecular complexity index is 76.9. The Morgan fingerprint density at radius 1 is 0.909 bits per heavy atom. The molecule has 0 rings (SSSR count). The molecule has 11 heavy (non-hydrogen) atoms. The van der Waals surface area contributed by atoms with E-state index in [0.29, 0.717) is 0 Å². The third kappa shape index (κ3) is 5.25. The van der Waals surface area contributed by atoms with Crippen molar-refractivity contribution in [1.82, 2.24) is 0 Å². The van der Waals surface area contributed by atoms with Crippen molar-refractivity contribution in [2.24, 2.45) is 5.92 Å². The molecule has 0 aliphatic heterocycles. The van der Waals surface area contributed by atoms with E-state index in [2.05, 4.69) is 13.8 Å². The molecular formula is C10H22O. The fraction of sp³-hybridized carbons (Fsp3) is 1.00. The van der Waals surface area contributed by atoms with Gasteiger partial charge in [0.25, 0.3) is 0 Å². The Kier molecular flexibility index (Phi) is 6.63. The smallest absolute Gasteiger partial charge is 0.0537 e. The molecule has 0 unspecified atom stereocenters. The molecule has 0 amide bonds. The molecule has 0 aliphatic rings. The maximum atomic E-state index is 9.30. The summed E-state index contributed by atoms with van der Waals surface area (Å²) >= 11 is 0. The predicted molar refractivity (Wildman–Crippen MR) is 49.6 cm³/mol. The first kappa shape index (κ1) is 11.0. The molecular weight excluding hydrogens is 136 g/mol. The van der Waals surface area contributed by atoms with Crippen LogP contribution in [0.1, 0.15) is 52.9 Å². The molecule has 0 fully saturated rings. The zero-order valence-electron chi connectivity index (χ0n) is 8.14. The normalized spacial score (nSPS) is 13.9. The Morgan fingerprint density at radius 2 is 1.45 bits per heavy atom. The standard InChI is InChI=1S/C10H22O/c1-4-9(5-2)7-8-10(11)6-3/h9-11H,4-8H2,1-3H3/t10-/m1/s1. The Morgan fingerprint density at radius 3 is 1.82 bits per heavy atom. The van der Waals surface area contributed by atoms with Crippen molar-refractivity contribution < 1.29 is 5.11 Å². The van der Waals surface area contributed by atoms with Gasteiger partial charge < -0.3 is 5.11 Å². The molecule has 68 valence electrons. The molecule has 1 atom stereocenters. The summed E-state index contributed by atoms with van der Waals surface area (Å²) in [6.07, 6.45) is 5.54. The number of aliphatic hydroxyl groups is 1. The van der Waals surface area contributed by atoms with Gasteiger partial charge in [-0.3, -0.25) is 0 Å². The van der Waals surface area contributed by atoms with Crippen molar-refractivity contribution in [1.29, 1.82) is 0 Å². The maximum absolute atomic E-state index is 9.30. The number of rotatable bonds is 6. The Labute approximate surface area is 70.8 Å². The molecule has 0 aromatic rings. The van der Waals surface area contributed by atoms with Crippen LogP contribution < -0.4 is 0 Å². The van der Waals surface area contributed by atoms with Gasteiger partial charge in [-0.2, -0.15) is 0 Å². The molecule has 0 bridgehead atoms. The monoisotopic (exact) mass is 158 g/mol. The topological polar surface area (TPSA) is 20.2 Å². The van der Waals surface area contributed by atoms with Crippen molar-refractivity contribution in [2.75, 3.05) is 0 Å². The summed E-state index contributed by atoms with van der Waals surface area (Å²) in [6, 6.07) is 0. The van der Waals surface area contributed by atoms with Gasteiger partial charge in [0.2, 0.25) is 0 Å². The van der Waals surface area contributed by atoms with Gasteiger partial charge in [0.1, 0.15) is 0 Å². The van der Waals surface area contributed by atoms with E-state index in [9.17, 15) is 5.11 Å². The number of hydrogen-bond acceptors (Lipinski definition) is 1. The quantitative estimate of drug-likeness (QED) is 0.630. The molecule has 0 spiro atoms. The lowest BCUT2D eigenvalue weighted by atomic mass is 9.95. The van der Waals surface area contributed by atoms with Crippen LogP contribution in [0.15, 0.2) is 0 Å². The first-order chi connectivity index (χ1) is 5.24. The zero-order chi connectivity index (χ0) is 8.69. The lowest BCUT2D eigenvalue weighted by Gasteiger charge is -2.13. The van der Waals surface area contributed by atoms with E-state index in [-0.39, 0.29) is 6.10 Å². The molecule has 1 heteroatoms. The summed E-state index contributed by atoms with van der Waals surface area (Å²) in [5, 5.41) is 9.30. The van der Waals surface area contributed by atoms with Crippen LogP contribution in [-0.2, 0) is 0 Å². The summed E-state index contributed by atoms with van der Waals surface area (Å²) in [4.78, 5) is 0. The van der Waals surface area contributed by atoms with E-state index < -0.39 is 0 Å². The summed E-state index contributed by atoms with van der Waals surface area (Å²) in [5.74, 6) is 0.830. The Balaban J connectivity index is 3.34. The van der Waals surface area contributed by atoms with Gasteiger partial charge in [0, 0.05) is 0 Å². The van der Waals surface area contributed by atoms with E-state index in [1.165, 1.54) is 19.3 Å². The second kappa shape index (κ2) is 6.66. The molecule has 0 aliphatic carbocycles. The minimum absolute atomic E-state index is 0.0596. The van der Waals surface area contributed by atoms with E-state index in [0.717, 1.165) is 18.8 Å². The van der Waals surface area contributed by atoms with Gasteiger partial charge in [-0.25, -0.2) is 0 Å². The molecule has 0 radical (unpaired) electrons. The lowest BCUT2D eigenvalue weighted by molar-refractivity contribution is 0.149. The third-order valence-electron chi connectivity index (χ3n) is 2.53. The van der Waals surface area contributed by atoms with Crippen molar-refractivity contribution in [3.05, 3.63) is 0 Å². The molecule has 0 saturated carbocycles. The van der Waals surface area contributed by atoms with Crippen molar-refractivity contribution in [3.8, 4) is 0 Å². The van der Waals surface area contributed by atoms with E-state index >= 15 is 0 Å². The van der Waals surface area contributed by atoms with Crippen LogP contribution in [-0.4, -0.2) is 11.2 Å². The van der Waals surface area contributed by atoms with Crippen LogP contribution in [0.4, 0.5) is 0 Å². The lowest BCUT2D eigenvalue weighted by Crippen LogP contribution is -2.07. The van der Waals surface area contributed by atoms with Crippen LogP contribution in [0.3, 0.4) is 0 Å². The molecule has 0 aromatic heterocycles. The van der Waals surface area contributed by atoms with Crippen LogP contribution in [0.2, 0.25) is 0 Å². The maximum Gasteiger partial charge on any atom is 0.0537 e. The first-order valence-electron chi connectivity index (χ1n) is 4.92. The number of aliphatic hydroxyl groups excluding tert-OH is 1. The zero-order valence-corrected chi connectivity index (χ0v) is 8.14. The SMILES string of the molecule is CCC(CC)CC[C@H](O)CC. The highest BCUT2D eigenvalue weighted by Crippen LogP contribution is 2.16. The van der Waals surface area contributed by atoms with Crippen molar-refractivity contribution in [3.63, 3.8) is 0 Å². The van der Waals surface area contributed by atoms with Gasteiger partial charge in [0.15, 0.2) is 0 Å². The van der Waals surface area contributed by atoms with Gasteiger partial charge >= 0.3 is 0 Å². The second-order valence-electron chi connectivity index (χ2n) is 3.32. The van der Waals surface area contributed by atoms with Crippen molar-refractivity contribution in [2.45, 2.75) is 59.0 Å². The summed E-state index contributed by atoms with van der Waals surface area (Å²) in [6.45, 7) is 6.50. The first-order valence-corrected chi connectivity index (χ1v) is 4.92. The molecule has 1 nitrogen and oxygen atoms in total. The summed E-state index contributed by atoms with van der Waals surface area (Å²) in [5.41, 5.74) is 0. The predicted octanol–water partition coefficient (Wildman–Crippen LogP) is 2.97. The van der Waals surface area contributed by atoms with Crippen molar-refractivity contribution >= 4 is 0 Å². The minimum atomic E-state index is -0.0596. The van der Waals surface area contributed by atoms with Gasteiger partial charge in [-0.05, 0) is 25.2 Å². The number of hydrogen-bond donors (Lipinski definition) is 1. The second-order valence-corrected chi connectivity index (χ2v) is 3.32. The van der Waals surface area contributed by atoms with Gasteiger partial charge in [0.05, 0.1) is 6.10 Å². The fourth-order valence-electron chi connectivity index (χ4n) is 1.33. The summed E-state index contributed by atoms with van der Waals surface area (Å²) < 4.78 is 0. The fourth-order valence-corrected chi connectivity index (χ4v) is 1.33. The van der Waals surface area contributed by atoms with E-state index in [1.807, 2.05) is 6.92 Å². The van der Waals surface area contributed by atoms with Crippen LogP contribution in [0, 0.1) is 5.92 Å². The highest BCUT2D eigenvalue weighted by atomic mass is 16.3. The van der Waals surface area contributed by atoms with E-state index in [4.69, 9.17) is 0 Å². The van der Waals surface area contributed by atoms with Crippen LogP contribution >= 0.6 is 0 Å². The van der Waals surface area contributed by atoms with Crippen LogP contribution in [0.5, 0.6) is 0 Å². The highest BCUT2D eigenvalue weighted by molar-refractivity contribution is 4.59. The summed E-state index contributed by atoms with van der Waals surface area (Å²) in [7, 11) is 0. The van der Waals surface area contributed by atoms with Gasteiger partial charge in [-0.15, -0.1) is 0 Å². The third-order valence-corrected chi connectivity index (χ3v) is 2.53. The molecule has 0 heterocycles. The molecule has 1 N–H and O–H groups in total. The largest absolute Gasteiger partial charge is 0.393 e. The Hall–Kier alpha value is -0.0400. The molecule has 0 aromatic carbocycles. The van der Waals surface area contributed by atoms with Crippen LogP contribution in [0.25, 0.3) is 0 Å².